The molecule has 2 N–H and O–H groups in total. The maximum atomic E-state index is 11.9. The Morgan fingerprint density at radius 1 is 1.91 bits per heavy atom. The number of hydrogen-bond donors (Lipinski definition) is 1. The number of nitrogens with two attached hydrogens (primary N) is 1. The van der Waals surface area contributed by atoms with Crippen molar-refractivity contribution in [3.05, 3.63) is 23.6 Å². The van der Waals surface area contributed by atoms with Crippen molar-refractivity contribution in [3.8, 4) is 0 Å². The topological polar surface area (TPSA) is 43.1 Å². The second-order valence-electron chi connectivity index (χ2n) is 2.51. The van der Waals surface area contributed by atoms with Crippen LogP contribution in [-0.2, 0) is 6.42 Å². The van der Waals surface area contributed by atoms with Crippen LogP contribution >= 0.6 is 0 Å². The van der Waals surface area contributed by atoms with Crippen LogP contribution in [-0.4, -0.2) is 7.97 Å². The van der Waals surface area contributed by atoms with Crippen molar-refractivity contribution in [2.24, 2.45) is 5.14 Å². The molecule has 2 nitrogen and oxygen atoms in total. The summed E-state index contributed by atoms with van der Waals surface area (Å²) in [5.41, 5.74) is 0. The molecule has 0 unspecified atom stereocenters. The van der Waals surface area contributed by atoms with Crippen molar-refractivity contribution >= 4 is 6.42 Å². The van der Waals surface area contributed by atoms with Crippen LogP contribution in [0.15, 0.2) is 23.6 Å². The summed E-state index contributed by atoms with van der Waals surface area (Å²) in [6, 6.07) is 0. The van der Waals surface area contributed by atoms with Crippen molar-refractivity contribution in [1.29, 1.82) is 0 Å². The van der Waals surface area contributed by atoms with Crippen LogP contribution in [0.5, 0.6) is 0 Å². The van der Waals surface area contributed by atoms with E-state index < -0.39 is 6.42 Å². The van der Waals surface area contributed by atoms with Crippen LogP contribution in [0.3, 0.4) is 0 Å². The maximum absolute atomic E-state index is 11.9. The minimum absolute atomic E-state index is 0.238. The predicted molar refractivity (Wildman–Crippen MR) is 45.8 cm³/mol. The molecule has 0 aliphatic carbocycles. The SMILES string of the molecule is C=C/C=C(\CC)S1(N)(=O)C[I-]1. The van der Waals surface area contributed by atoms with Crippen LogP contribution in [0.1, 0.15) is 13.3 Å². The molecule has 1 aliphatic heterocycles. The molecule has 0 aromatic heterocycles. The second kappa shape index (κ2) is 2.67. The summed E-state index contributed by atoms with van der Waals surface area (Å²) in [5.74, 6) is 0. The van der Waals surface area contributed by atoms with Gasteiger partial charge in [0.25, 0.3) is 0 Å². The van der Waals surface area contributed by atoms with Gasteiger partial charge >= 0.3 is 76.3 Å². The third kappa shape index (κ3) is 1.73. The first-order chi connectivity index (χ1) is 5.02. The summed E-state index contributed by atoms with van der Waals surface area (Å²) in [4.78, 5) is 0.935. The third-order valence-electron chi connectivity index (χ3n) is 1.63. The van der Waals surface area contributed by atoms with Crippen molar-refractivity contribution in [2.45, 2.75) is 13.3 Å². The van der Waals surface area contributed by atoms with Gasteiger partial charge in [0.15, 0.2) is 0 Å². The van der Waals surface area contributed by atoms with Gasteiger partial charge in [0, 0.05) is 0 Å². The van der Waals surface area contributed by atoms with Crippen LogP contribution in [0.25, 0.3) is 0 Å². The van der Waals surface area contributed by atoms with Crippen molar-refractivity contribution < 1.29 is 24.0 Å². The number of alkyl halides is 1. The number of rotatable bonds is 3. The monoisotopic (exact) mass is 286 g/mol. The average molecular weight is 286 g/mol. The molecule has 1 heterocycles. The van der Waals surface area contributed by atoms with Gasteiger partial charge in [-0.25, -0.2) is 0 Å². The van der Waals surface area contributed by atoms with Gasteiger partial charge in [0.2, 0.25) is 0 Å². The second-order valence-corrected chi connectivity index (χ2v) is 15.1. The molecule has 1 rings (SSSR count). The van der Waals surface area contributed by atoms with Crippen LogP contribution < -0.4 is 25.0 Å². The molecule has 1 saturated heterocycles. The Morgan fingerprint density at radius 2 is 2.45 bits per heavy atom. The summed E-state index contributed by atoms with van der Waals surface area (Å²) in [7, 11) is 0. The number of allylic oxidation sites excluding steroid dienone is 3. The first-order valence-electron chi connectivity index (χ1n) is 3.41. The van der Waals surface area contributed by atoms with E-state index in [9.17, 15) is 4.21 Å². The zero-order valence-electron chi connectivity index (χ0n) is 6.55. The Morgan fingerprint density at radius 3 is 2.73 bits per heavy atom. The Bertz CT molecular complexity index is 274. The summed E-state index contributed by atoms with van der Waals surface area (Å²) < 4.78 is 12.7. The summed E-state index contributed by atoms with van der Waals surface area (Å²) in [6.45, 7) is 5.57. The number of halogens is 1. The molecule has 0 amide bonds. The molecule has 0 bridgehead atoms. The standard InChI is InChI=1S/C7H13INOS/c1-3-5-7(4-2)11(9,10)6-8-11/h3,5H,1,4,6H2,2H3,(H2,9,10)/q-1/b7-5+. The van der Waals surface area contributed by atoms with Gasteiger partial charge in [-0.15, -0.1) is 0 Å². The third-order valence-corrected chi connectivity index (χ3v) is 13.1. The summed E-state index contributed by atoms with van der Waals surface area (Å²) >= 11 is -0.238. The van der Waals surface area contributed by atoms with Crippen LogP contribution in [0, 0.1) is 0 Å². The average Bonchev–Trinajstić information content (AvgIpc) is 2.59. The van der Waals surface area contributed by atoms with E-state index in [1.807, 2.05) is 13.0 Å². The Labute approximate surface area is 76.2 Å². The molecule has 66 valence electrons. The van der Waals surface area contributed by atoms with Gasteiger partial charge in [0.05, 0.1) is 0 Å². The zero-order chi connectivity index (χ0) is 8.56. The molecular weight excluding hydrogens is 273 g/mol. The Balaban J connectivity index is 2.97. The van der Waals surface area contributed by atoms with Gasteiger partial charge in [-0.3, -0.25) is 0 Å². The molecule has 0 spiro atoms. The van der Waals surface area contributed by atoms with Gasteiger partial charge in [-0.1, -0.05) is 0 Å². The summed E-state index contributed by atoms with van der Waals surface area (Å²) in [6.07, 6.45) is 1.66. The van der Waals surface area contributed by atoms with Crippen molar-refractivity contribution in [3.63, 3.8) is 0 Å². The normalized spacial score (nSPS) is 30.7. The number of hydrogen-bond acceptors (Lipinski definition) is 1. The molecule has 0 aromatic rings. The van der Waals surface area contributed by atoms with Gasteiger partial charge in [0.1, 0.15) is 0 Å². The fourth-order valence-electron chi connectivity index (χ4n) is 0.895. The van der Waals surface area contributed by atoms with E-state index in [0.29, 0.717) is 0 Å². The van der Waals surface area contributed by atoms with E-state index in [-0.39, 0.29) is 19.8 Å². The van der Waals surface area contributed by atoms with E-state index in [1.54, 1.807) is 6.08 Å². The molecular formula is C7H13INOS-. The van der Waals surface area contributed by atoms with Crippen molar-refractivity contribution in [2.75, 3.05) is 3.76 Å². The zero-order valence-corrected chi connectivity index (χ0v) is 9.52. The predicted octanol–water partition coefficient (Wildman–Crippen LogP) is -1.86. The molecule has 4 heteroatoms. The Kier molecular flexibility index (Phi) is 2.28. The molecule has 0 radical (unpaired) electrons. The minimum atomic E-state index is -2.63. The van der Waals surface area contributed by atoms with Crippen LogP contribution in [0.2, 0.25) is 0 Å². The van der Waals surface area contributed by atoms with E-state index in [1.165, 1.54) is 0 Å². The molecule has 11 heavy (non-hydrogen) atoms. The first kappa shape index (κ1) is 9.41. The van der Waals surface area contributed by atoms with Gasteiger partial charge in [-0.2, -0.15) is 0 Å². The quantitative estimate of drug-likeness (QED) is 0.213. The molecule has 0 saturated carbocycles. The Hall–Kier alpha value is 0.320. The van der Waals surface area contributed by atoms with E-state index in [2.05, 4.69) is 6.58 Å². The van der Waals surface area contributed by atoms with Gasteiger partial charge < -0.3 is 0 Å². The van der Waals surface area contributed by atoms with Gasteiger partial charge in [-0.05, 0) is 0 Å². The first-order valence-corrected chi connectivity index (χ1v) is 9.67. The summed E-state index contributed by atoms with van der Waals surface area (Å²) in [5, 5.41) is 5.82. The molecule has 1 aliphatic rings. The fourth-order valence-corrected chi connectivity index (χ4v) is 9.85. The van der Waals surface area contributed by atoms with Crippen LogP contribution in [0.4, 0.5) is 0 Å². The van der Waals surface area contributed by atoms with E-state index >= 15 is 0 Å². The van der Waals surface area contributed by atoms with E-state index in [4.69, 9.17) is 5.14 Å². The fraction of sp³-hybridized carbons (Fsp3) is 0.429. The molecule has 0 atom stereocenters. The van der Waals surface area contributed by atoms with Crippen molar-refractivity contribution in [1.82, 2.24) is 0 Å². The molecule has 1 fully saturated rings. The molecule has 0 aromatic carbocycles. The van der Waals surface area contributed by atoms with E-state index in [0.717, 1.165) is 15.1 Å².